The maximum absolute atomic E-state index is 11.7. The number of para-hydroxylation sites is 1. The predicted molar refractivity (Wildman–Crippen MR) is 82.6 cm³/mol. The molecule has 0 spiro atoms. The van der Waals surface area contributed by atoms with Crippen molar-refractivity contribution in [3.63, 3.8) is 0 Å². The van der Waals surface area contributed by atoms with Gasteiger partial charge in [-0.05, 0) is 37.1 Å². The van der Waals surface area contributed by atoms with Gasteiger partial charge in [0.15, 0.2) is 6.61 Å². The van der Waals surface area contributed by atoms with E-state index >= 15 is 0 Å². The molecule has 21 heavy (non-hydrogen) atoms. The molecule has 0 saturated heterocycles. The third-order valence-corrected chi connectivity index (χ3v) is 3.13. The van der Waals surface area contributed by atoms with Gasteiger partial charge in [0.05, 0.1) is 11.9 Å². The van der Waals surface area contributed by atoms with Crippen LogP contribution in [0.25, 0.3) is 0 Å². The molecule has 2 aromatic rings. The lowest BCUT2D eigenvalue weighted by Gasteiger charge is -2.10. The van der Waals surface area contributed by atoms with Gasteiger partial charge in [-0.25, -0.2) is 5.43 Å². The molecule has 5 nitrogen and oxygen atoms in total. The highest BCUT2D eigenvalue weighted by molar-refractivity contribution is 5.81. The molecule has 0 atom stereocenters. The third-order valence-electron chi connectivity index (χ3n) is 3.13. The second-order valence-electron chi connectivity index (χ2n) is 4.85. The van der Waals surface area contributed by atoms with Crippen molar-refractivity contribution in [2.24, 2.45) is 12.1 Å². The number of carbonyl (C=O) groups excluding carboxylic acids is 1. The van der Waals surface area contributed by atoms with E-state index in [1.165, 1.54) is 0 Å². The van der Waals surface area contributed by atoms with Crippen molar-refractivity contribution in [2.45, 2.75) is 13.8 Å². The van der Waals surface area contributed by atoms with E-state index in [9.17, 15) is 4.79 Å². The number of aromatic nitrogens is 1. The van der Waals surface area contributed by atoms with Gasteiger partial charge >= 0.3 is 0 Å². The Hall–Kier alpha value is -2.56. The molecule has 0 saturated carbocycles. The van der Waals surface area contributed by atoms with Gasteiger partial charge in [-0.2, -0.15) is 5.10 Å². The SMILES string of the molecule is Cc1cccc(C)c1OCC(=O)NN=Cc1cccn1C. The number of rotatable bonds is 5. The van der Waals surface area contributed by atoms with Crippen LogP contribution in [0.15, 0.2) is 41.6 Å². The number of hydrazone groups is 1. The number of ether oxygens (including phenoxy) is 1. The first-order valence-corrected chi connectivity index (χ1v) is 6.70. The molecule has 0 unspecified atom stereocenters. The van der Waals surface area contributed by atoms with Crippen molar-refractivity contribution in [1.82, 2.24) is 9.99 Å². The molecule has 0 aliphatic rings. The van der Waals surface area contributed by atoms with Crippen LogP contribution in [0.4, 0.5) is 0 Å². The molecule has 0 aliphatic carbocycles. The summed E-state index contributed by atoms with van der Waals surface area (Å²) in [5, 5.41) is 3.91. The Labute approximate surface area is 124 Å². The molecular weight excluding hydrogens is 266 g/mol. The maximum atomic E-state index is 11.7. The first-order chi connectivity index (χ1) is 10.1. The Bertz CT molecular complexity index is 639. The summed E-state index contributed by atoms with van der Waals surface area (Å²) in [7, 11) is 1.91. The maximum Gasteiger partial charge on any atom is 0.277 e. The molecule has 1 heterocycles. The van der Waals surface area contributed by atoms with Crippen LogP contribution in [0.3, 0.4) is 0 Å². The van der Waals surface area contributed by atoms with Crippen LogP contribution in [-0.4, -0.2) is 23.3 Å². The van der Waals surface area contributed by atoms with Gasteiger partial charge in [-0.1, -0.05) is 18.2 Å². The number of nitrogens with zero attached hydrogens (tertiary/aromatic N) is 2. The van der Waals surface area contributed by atoms with Crippen LogP contribution in [0.1, 0.15) is 16.8 Å². The first-order valence-electron chi connectivity index (χ1n) is 6.70. The van der Waals surface area contributed by atoms with Gasteiger partial charge < -0.3 is 9.30 Å². The van der Waals surface area contributed by atoms with Crippen LogP contribution in [0.2, 0.25) is 0 Å². The fourth-order valence-corrected chi connectivity index (χ4v) is 1.98. The van der Waals surface area contributed by atoms with E-state index in [2.05, 4.69) is 10.5 Å². The highest BCUT2D eigenvalue weighted by Gasteiger charge is 2.06. The zero-order valence-electron chi connectivity index (χ0n) is 12.5. The summed E-state index contributed by atoms with van der Waals surface area (Å²) in [6.07, 6.45) is 3.50. The average Bonchev–Trinajstić information content (AvgIpc) is 2.84. The van der Waals surface area contributed by atoms with E-state index in [1.54, 1.807) is 6.21 Å². The molecular formula is C16H19N3O2. The minimum atomic E-state index is -0.289. The fourth-order valence-electron chi connectivity index (χ4n) is 1.98. The second-order valence-corrected chi connectivity index (χ2v) is 4.85. The summed E-state index contributed by atoms with van der Waals surface area (Å²) in [6, 6.07) is 9.68. The number of carbonyl (C=O) groups is 1. The second kappa shape index (κ2) is 6.74. The zero-order valence-corrected chi connectivity index (χ0v) is 12.5. The molecule has 5 heteroatoms. The first kappa shape index (κ1) is 14.8. The Balaban J connectivity index is 1.85. The average molecular weight is 285 g/mol. The minimum absolute atomic E-state index is 0.0594. The summed E-state index contributed by atoms with van der Waals surface area (Å²) in [4.78, 5) is 11.7. The van der Waals surface area contributed by atoms with E-state index in [4.69, 9.17) is 4.74 Å². The monoisotopic (exact) mass is 285 g/mol. The summed E-state index contributed by atoms with van der Waals surface area (Å²) in [5.41, 5.74) is 5.38. The topological polar surface area (TPSA) is 55.6 Å². The molecule has 1 aromatic carbocycles. The number of amides is 1. The summed E-state index contributed by atoms with van der Waals surface area (Å²) < 4.78 is 7.46. The largest absolute Gasteiger partial charge is 0.483 e. The minimum Gasteiger partial charge on any atom is -0.483 e. The molecule has 2 rings (SSSR count). The third kappa shape index (κ3) is 3.95. The molecule has 1 aromatic heterocycles. The van der Waals surface area contributed by atoms with Crippen molar-refractivity contribution in [3.05, 3.63) is 53.3 Å². The standard InChI is InChI=1S/C16H19N3O2/c1-12-6-4-7-13(2)16(12)21-11-15(20)18-17-10-14-8-5-9-19(14)3/h4-10H,11H2,1-3H3,(H,18,20). The molecule has 0 fully saturated rings. The lowest BCUT2D eigenvalue weighted by atomic mass is 10.1. The van der Waals surface area contributed by atoms with Crippen LogP contribution < -0.4 is 10.2 Å². The van der Waals surface area contributed by atoms with E-state index in [1.807, 2.05) is 62.0 Å². The number of hydrogen-bond donors (Lipinski definition) is 1. The van der Waals surface area contributed by atoms with E-state index in [0.717, 1.165) is 22.6 Å². The normalized spacial score (nSPS) is 10.8. The van der Waals surface area contributed by atoms with Crippen molar-refractivity contribution >= 4 is 12.1 Å². The van der Waals surface area contributed by atoms with Gasteiger partial charge in [0, 0.05) is 13.2 Å². The van der Waals surface area contributed by atoms with Crippen molar-refractivity contribution in [1.29, 1.82) is 0 Å². The Morgan fingerprint density at radius 3 is 2.62 bits per heavy atom. The van der Waals surface area contributed by atoms with Gasteiger partial charge in [-0.3, -0.25) is 4.79 Å². The molecule has 110 valence electrons. The van der Waals surface area contributed by atoms with Gasteiger partial charge in [-0.15, -0.1) is 0 Å². The van der Waals surface area contributed by atoms with E-state index in [0.29, 0.717) is 0 Å². The van der Waals surface area contributed by atoms with Gasteiger partial charge in [0.2, 0.25) is 0 Å². The highest BCUT2D eigenvalue weighted by atomic mass is 16.5. The summed E-state index contributed by atoms with van der Waals surface area (Å²) in [6.45, 7) is 3.84. The molecule has 1 N–H and O–H groups in total. The number of benzene rings is 1. The Morgan fingerprint density at radius 2 is 2.00 bits per heavy atom. The quantitative estimate of drug-likeness (QED) is 0.676. The Kier molecular flexibility index (Phi) is 4.77. The predicted octanol–water partition coefficient (Wildman–Crippen LogP) is 2.17. The summed E-state index contributed by atoms with van der Waals surface area (Å²) in [5.74, 6) is 0.460. The molecule has 1 amide bonds. The summed E-state index contributed by atoms with van der Waals surface area (Å²) >= 11 is 0. The van der Waals surface area contributed by atoms with E-state index in [-0.39, 0.29) is 12.5 Å². The smallest absolute Gasteiger partial charge is 0.277 e. The van der Waals surface area contributed by atoms with Crippen LogP contribution >= 0.6 is 0 Å². The van der Waals surface area contributed by atoms with E-state index < -0.39 is 0 Å². The molecule has 0 aliphatic heterocycles. The lowest BCUT2D eigenvalue weighted by Crippen LogP contribution is -2.25. The number of nitrogens with one attached hydrogen (secondary N) is 1. The van der Waals surface area contributed by atoms with Crippen molar-refractivity contribution in [3.8, 4) is 5.75 Å². The highest BCUT2D eigenvalue weighted by Crippen LogP contribution is 2.21. The van der Waals surface area contributed by atoms with Crippen LogP contribution in [0, 0.1) is 13.8 Å². The van der Waals surface area contributed by atoms with Gasteiger partial charge in [0.1, 0.15) is 5.75 Å². The number of aryl methyl sites for hydroxylation is 3. The molecule has 0 bridgehead atoms. The van der Waals surface area contributed by atoms with Crippen LogP contribution in [0.5, 0.6) is 5.75 Å². The van der Waals surface area contributed by atoms with Gasteiger partial charge in [0.25, 0.3) is 5.91 Å². The lowest BCUT2D eigenvalue weighted by molar-refractivity contribution is -0.123. The fraction of sp³-hybridized carbons (Fsp3) is 0.250. The zero-order chi connectivity index (χ0) is 15.2. The Morgan fingerprint density at radius 1 is 1.29 bits per heavy atom. The van der Waals surface area contributed by atoms with Crippen molar-refractivity contribution in [2.75, 3.05) is 6.61 Å². The molecule has 0 radical (unpaired) electrons. The van der Waals surface area contributed by atoms with Crippen LogP contribution in [-0.2, 0) is 11.8 Å². The van der Waals surface area contributed by atoms with Crippen molar-refractivity contribution < 1.29 is 9.53 Å². The number of hydrogen-bond acceptors (Lipinski definition) is 3.